The van der Waals surface area contributed by atoms with Crippen molar-refractivity contribution in [2.24, 2.45) is 0 Å². The smallest absolute Gasteiger partial charge is 0.427 e. The molecule has 30 heavy (non-hydrogen) atoms. The van der Waals surface area contributed by atoms with Gasteiger partial charge in [-0.15, -0.1) is 0 Å². The summed E-state index contributed by atoms with van der Waals surface area (Å²) in [5.41, 5.74) is 0.601. The van der Waals surface area contributed by atoms with Crippen molar-refractivity contribution in [2.75, 3.05) is 20.8 Å². The van der Waals surface area contributed by atoms with E-state index in [9.17, 15) is 17.6 Å². The Labute approximate surface area is 173 Å². The topological polar surface area (TPSA) is 37.8 Å². The summed E-state index contributed by atoms with van der Waals surface area (Å²) in [4.78, 5) is 3.80. The Balaban J connectivity index is 1.93. The van der Waals surface area contributed by atoms with Crippen molar-refractivity contribution in [3.63, 3.8) is 0 Å². The van der Waals surface area contributed by atoms with Crippen LogP contribution in [-0.2, 0) is 4.74 Å². The molecule has 0 radical (unpaired) electrons. The number of hydrazine groups is 1. The lowest BCUT2D eigenvalue weighted by molar-refractivity contribution is -0.235. The van der Waals surface area contributed by atoms with Crippen LogP contribution in [0.1, 0.15) is 32.8 Å². The van der Waals surface area contributed by atoms with E-state index in [-0.39, 0.29) is 6.04 Å². The molecule has 0 bridgehead atoms. The van der Waals surface area contributed by atoms with Crippen molar-refractivity contribution >= 4 is 5.57 Å². The molecule has 2 aliphatic rings. The first kappa shape index (κ1) is 22.3. The molecular formula is C21H25F4N3O2. The van der Waals surface area contributed by atoms with Gasteiger partial charge in [0.05, 0.1) is 18.3 Å². The molecule has 0 saturated carbocycles. The molecule has 1 aromatic rings. The third-order valence-corrected chi connectivity index (χ3v) is 5.32. The van der Waals surface area contributed by atoms with E-state index in [1.165, 1.54) is 6.20 Å². The van der Waals surface area contributed by atoms with E-state index in [1.807, 2.05) is 24.3 Å². The number of likely N-dealkylation sites (N-methyl/N-ethyl adjacent to an activating group) is 1. The van der Waals surface area contributed by atoms with E-state index >= 15 is 0 Å². The Kier molecular flexibility index (Phi) is 5.97. The molecule has 1 atom stereocenters. The van der Waals surface area contributed by atoms with Gasteiger partial charge in [0.15, 0.2) is 11.4 Å². The van der Waals surface area contributed by atoms with Crippen molar-refractivity contribution in [3.8, 4) is 5.88 Å². The Morgan fingerprint density at radius 1 is 1.23 bits per heavy atom. The average molecular weight is 427 g/mol. The molecule has 2 aliphatic heterocycles. The van der Waals surface area contributed by atoms with Gasteiger partial charge in [-0.2, -0.15) is 13.2 Å². The lowest BCUT2D eigenvalue weighted by atomic mass is 10.00. The number of aromatic nitrogens is 1. The third-order valence-electron chi connectivity index (χ3n) is 5.32. The summed E-state index contributed by atoms with van der Waals surface area (Å²) >= 11 is 0. The first-order chi connectivity index (χ1) is 14.0. The molecule has 0 spiro atoms. The van der Waals surface area contributed by atoms with Crippen LogP contribution in [0.2, 0.25) is 0 Å². The van der Waals surface area contributed by atoms with E-state index in [0.29, 0.717) is 17.7 Å². The molecule has 0 aromatic carbocycles. The quantitative estimate of drug-likeness (QED) is 0.616. The minimum atomic E-state index is -4.66. The predicted molar refractivity (Wildman–Crippen MR) is 105 cm³/mol. The maximum absolute atomic E-state index is 14.5. The van der Waals surface area contributed by atoms with Crippen LogP contribution in [0, 0.1) is 5.82 Å². The zero-order chi connectivity index (χ0) is 22.3. The van der Waals surface area contributed by atoms with Crippen molar-refractivity contribution < 1.29 is 27.0 Å². The average Bonchev–Trinajstić information content (AvgIpc) is 2.93. The molecule has 1 unspecified atom stereocenters. The van der Waals surface area contributed by atoms with E-state index in [4.69, 9.17) is 9.47 Å². The second-order valence-corrected chi connectivity index (χ2v) is 7.72. The lowest BCUT2D eigenvalue weighted by Crippen LogP contribution is -2.45. The highest BCUT2D eigenvalue weighted by molar-refractivity contribution is 5.77. The van der Waals surface area contributed by atoms with Crippen LogP contribution in [-0.4, -0.2) is 53.6 Å². The summed E-state index contributed by atoms with van der Waals surface area (Å²) in [6.45, 7) is 4.20. The number of halogens is 4. The van der Waals surface area contributed by atoms with Crippen LogP contribution in [0.5, 0.6) is 5.88 Å². The molecule has 0 saturated heterocycles. The zero-order valence-electron chi connectivity index (χ0n) is 17.5. The SMILES string of the molecule is CCC1C(COC)=C2C=C(c3cnc(OC(C)(C)C(F)(F)F)c(F)c3)C=CN2N1C. The number of nitrogens with zero attached hydrogens (tertiary/aromatic N) is 3. The predicted octanol–water partition coefficient (Wildman–Crippen LogP) is 4.69. The van der Waals surface area contributed by atoms with Gasteiger partial charge in [-0.05, 0) is 49.6 Å². The van der Waals surface area contributed by atoms with E-state index in [1.54, 1.807) is 13.2 Å². The van der Waals surface area contributed by atoms with Gasteiger partial charge in [0.1, 0.15) is 0 Å². The number of pyridine rings is 1. The number of alkyl halides is 3. The van der Waals surface area contributed by atoms with Crippen LogP contribution in [0.3, 0.4) is 0 Å². The fourth-order valence-electron chi connectivity index (χ4n) is 3.53. The second kappa shape index (κ2) is 8.03. The second-order valence-electron chi connectivity index (χ2n) is 7.72. The standard InChI is InChI=1S/C21H25F4N3O2/c1-6-17-15(12-29-5)18-10-13(7-8-28(18)27(17)4)14-9-16(22)19(26-11-14)30-20(2,3)21(23,24)25/h7-11,17H,6,12H2,1-5H3. The highest BCUT2D eigenvalue weighted by Crippen LogP contribution is 2.38. The summed E-state index contributed by atoms with van der Waals surface area (Å²) in [6.07, 6.45) is 3.11. The third kappa shape index (κ3) is 3.96. The van der Waals surface area contributed by atoms with Gasteiger partial charge in [-0.25, -0.2) is 14.4 Å². The molecule has 9 heteroatoms. The number of methoxy groups -OCH3 is 1. The Morgan fingerprint density at radius 3 is 2.50 bits per heavy atom. The fraction of sp³-hybridized carbons (Fsp3) is 0.476. The highest BCUT2D eigenvalue weighted by atomic mass is 19.4. The molecule has 0 amide bonds. The minimum absolute atomic E-state index is 0.176. The first-order valence-corrected chi connectivity index (χ1v) is 9.55. The molecule has 3 rings (SSSR count). The number of fused-ring (bicyclic) bond motifs is 1. The van der Waals surface area contributed by atoms with Crippen molar-refractivity contribution in [1.82, 2.24) is 15.0 Å². The van der Waals surface area contributed by atoms with Gasteiger partial charge in [0, 0.05) is 32.1 Å². The number of hydrogen-bond donors (Lipinski definition) is 0. The van der Waals surface area contributed by atoms with Crippen LogP contribution >= 0.6 is 0 Å². The normalized spacial score (nSPS) is 20.0. The summed E-state index contributed by atoms with van der Waals surface area (Å²) in [6, 6.07) is 1.31. The van der Waals surface area contributed by atoms with Gasteiger partial charge < -0.3 is 9.47 Å². The molecule has 1 aromatic heterocycles. The summed E-state index contributed by atoms with van der Waals surface area (Å²) in [7, 11) is 3.61. The summed E-state index contributed by atoms with van der Waals surface area (Å²) in [5, 5.41) is 4.10. The zero-order valence-corrected chi connectivity index (χ0v) is 17.5. The van der Waals surface area contributed by atoms with Gasteiger partial charge in [-0.1, -0.05) is 6.92 Å². The Hall–Kier alpha value is -2.39. The molecule has 3 heterocycles. The largest absolute Gasteiger partial charge is 0.460 e. The number of hydrogen-bond acceptors (Lipinski definition) is 5. The van der Waals surface area contributed by atoms with Gasteiger partial charge in [0.25, 0.3) is 5.88 Å². The maximum Gasteiger partial charge on any atom is 0.427 e. The maximum atomic E-state index is 14.5. The minimum Gasteiger partial charge on any atom is -0.460 e. The molecule has 0 fully saturated rings. The van der Waals surface area contributed by atoms with Crippen molar-refractivity contribution in [2.45, 2.75) is 45.0 Å². The van der Waals surface area contributed by atoms with Gasteiger partial charge in [0.2, 0.25) is 0 Å². The van der Waals surface area contributed by atoms with E-state index in [0.717, 1.165) is 37.6 Å². The van der Waals surface area contributed by atoms with Crippen LogP contribution in [0.15, 0.2) is 41.9 Å². The molecule has 164 valence electrons. The fourth-order valence-corrected chi connectivity index (χ4v) is 3.53. The molecule has 0 N–H and O–H groups in total. The summed E-state index contributed by atoms with van der Waals surface area (Å²) in [5.74, 6) is -1.64. The van der Waals surface area contributed by atoms with Crippen LogP contribution in [0.25, 0.3) is 5.57 Å². The number of allylic oxidation sites excluding steroid dienone is 3. The van der Waals surface area contributed by atoms with Crippen LogP contribution < -0.4 is 4.74 Å². The number of rotatable bonds is 6. The molecule has 0 aliphatic carbocycles. The lowest BCUT2D eigenvalue weighted by Gasteiger charge is -2.30. The highest BCUT2D eigenvalue weighted by Gasteiger charge is 2.50. The Morgan fingerprint density at radius 2 is 1.93 bits per heavy atom. The monoisotopic (exact) mass is 427 g/mol. The van der Waals surface area contributed by atoms with Crippen LogP contribution in [0.4, 0.5) is 17.6 Å². The van der Waals surface area contributed by atoms with E-state index < -0.39 is 23.5 Å². The van der Waals surface area contributed by atoms with Gasteiger partial charge >= 0.3 is 6.18 Å². The first-order valence-electron chi connectivity index (χ1n) is 9.55. The number of ether oxygens (including phenoxy) is 2. The van der Waals surface area contributed by atoms with Crippen molar-refractivity contribution in [1.29, 1.82) is 0 Å². The summed E-state index contributed by atoms with van der Waals surface area (Å²) < 4.78 is 63.7. The molecular weight excluding hydrogens is 402 g/mol. The van der Waals surface area contributed by atoms with Crippen molar-refractivity contribution in [3.05, 3.63) is 53.3 Å². The van der Waals surface area contributed by atoms with Gasteiger partial charge in [-0.3, -0.25) is 5.01 Å². The Bertz CT molecular complexity index is 906. The molecule has 5 nitrogen and oxygen atoms in total. The van der Waals surface area contributed by atoms with E-state index in [2.05, 4.69) is 16.9 Å².